The number of amides is 1. The van der Waals surface area contributed by atoms with Crippen molar-refractivity contribution in [1.29, 1.82) is 0 Å². The highest BCUT2D eigenvalue weighted by Gasteiger charge is 2.11. The van der Waals surface area contributed by atoms with Crippen LogP contribution in [-0.4, -0.2) is 12.5 Å². The highest BCUT2D eigenvalue weighted by atomic mass is 35.5. The lowest BCUT2D eigenvalue weighted by Gasteiger charge is -2.11. The summed E-state index contributed by atoms with van der Waals surface area (Å²) in [5.74, 6) is -0.0547. The molecule has 0 heterocycles. The number of carbonyl (C=O) groups is 1. The van der Waals surface area contributed by atoms with Gasteiger partial charge in [0.15, 0.2) is 6.54 Å². The maximum Gasteiger partial charge on any atom is 0.279 e. The average Bonchev–Trinajstić information content (AvgIpc) is 2.48. The molecule has 0 bridgehead atoms. The summed E-state index contributed by atoms with van der Waals surface area (Å²) in [6.07, 6.45) is 0. The smallest absolute Gasteiger partial charge is 0.279 e. The number of hydrogen-bond acceptors (Lipinski definition) is 1. The van der Waals surface area contributed by atoms with E-state index in [1.165, 1.54) is 5.56 Å². The second-order valence-corrected chi connectivity index (χ2v) is 5.07. The second kappa shape index (κ2) is 7.08. The molecular weight excluding hydrogens is 272 g/mol. The molecule has 0 fully saturated rings. The standard InChI is InChI=1S/C16H17ClN2O/c1-12(13-7-3-2-4-8-13)18-11-16(20)19-15-10-6-5-9-14(15)17/h2-10,12,18H,11H2,1H3,(H,19,20)/p+1/t12-/m0/s1. The van der Waals surface area contributed by atoms with E-state index in [0.717, 1.165) is 0 Å². The Morgan fingerprint density at radius 3 is 2.50 bits per heavy atom. The van der Waals surface area contributed by atoms with Crippen molar-refractivity contribution in [2.75, 3.05) is 11.9 Å². The van der Waals surface area contributed by atoms with Gasteiger partial charge in [-0.05, 0) is 19.1 Å². The van der Waals surface area contributed by atoms with Crippen LogP contribution in [0.25, 0.3) is 0 Å². The summed E-state index contributed by atoms with van der Waals surface area (Å²) in [5.41, 5.74) is 1.86. The van der Waals surface area contributed by atoms with Gasteiger partial charge >= 0.3 is 0 Å². The van der Waals surface area contributed by atoms with Gasteiger partial charge in [0.1, 0.15) is 6.04 Å². The molecule has 0 radical (unpaired) electrons. The molecule has 2 aromatic rings. The number of para-hydroxylation sites is 1. The van der Waals surface area contributed by atoms with Gasteiger partial charge in [-0.3, -0.25) is 4.79 Å². The third-order valence-electron chi connectivity index (χ3n) is 3.13. The first-order valence-electron chi connectivity index (χ1n) is 6.59. The molecule has 3 nitrogen and oxygen atoms in total. The van der Waals surface area contributed by atoms with Crippen LogP contribution in [0.3, 0.4) is 0 Å². The molecule has 0 unspecified atom stereocenters. The van der Waals surface area contributed by atoms with Gasteiger partial charge in [0.05, 0.1) is 10.7 Å². The molecule has 0 aromatic heterocycles. The lowest BCUT2D eigenvalue weighted by atomic mass is 10.1. The van der Waals surface area contributed by atoms with Gasteiger partial charge in [-0.2, -0.15) is 0 Å². The summed E-state index contributed by atoms with van der Waals surface area (Å²) < 4.78 is 0. The number of halogens is 1. The highest BCUT2D eigenvalue weighted by molar-refractivity contribution is 6.33. The molecule has 4 heteroatoms. The van der Waals surface area contributed by atoms with E-state index in [1.54, 1.807) is 12.1 Å². The molecule has 0 aliphatic rings. The van der Waals surface area contributed by atoms with Gasteiger partial charge in [0.2, 0.25) is 0 Å². The van der Waals surface area contributed by atoms with Gasteiger partial charge in [-0.15, -0.1) is 0 Å². The molecule has 0 saturated carbocycles. The molecule has 0 spiro atoms. The summed E-state index contributed by atoms with van der Waals surface area (Å²) in [6.45, 7) is 2.44. The van der Waals surface area contributed by atoms with Crippen LogP contribution in [0.15, 0.2) is 54.6 Å². The van der Waals surface area contributed by atoms with Crippen LogP contribution in [0.5, 0.6) is 0 Å². The first-order valence-corrected chi connectivity index (χ1v) is 6.97. The van der Waals surface area contributed by atoms with Crippen molar-refractivity contribution in [2.45, 2.75) is 13.0 Å². The zero-order valence-electron chi connectivity index (χ0n) is 11.3. The molecule has 2 aromatic carbocycles. The van der Waals surface area contributed by atoms with Crippen molar-refractivity contribution in [3.63, 3.8) is 0 Å². The number of carbonyl (C=O) groups excluding carboxylic acids is 1. The Bertz CT molecular complexity index is 572. The van der Waals surface area contributed by atoms with E-state index in [9.17, 15) is 4.79 Å². The van der Waals surface area contributed by atoms with Crippen molar-refractivity contribution in [3.05, 3.63) is 65.2 Å². The molecule has 104 valence electrons. The Hall–Kier alpha value is -1.84. The average molecular weight is 290 g/mol. The largest absolute Gasteiger partial charge is 0.333 e. The first-order chi connectivity index (χ1) is 9.66. The molecule has 20 heavy (non-hydrogen) atoms. The van der Waals surface area contributed by atoms with Crippen molar-refractivity contribution < 1.29 is 10.1 Å². The summed E-state index contributed by atoms with van der Waals surface area (Å²) in [4.78, 5) is 11.9. The number of anilines is 1. The van der Waals surface area contributed by atoms with Crippen LogP contribution < -0.4 is 10.6 Å². The van der Waals surface area contributed by atoms with Gasteiger partial charge in [-0.1, -0.05) is 54.1 Å². The number of nitrogens with two attached hydrogens (primary N) is 1. The van der Waals surface area contributed by atoms with Crippen molar-refractivity contribution >= 4 is 23.2 Å². The van der Waals surface area contributed by atoms with Crippen molar-refractivity contribution in [1.82, 2.24) is 0 Å². The number of nitrogens with one attached hydrogen (secondary N) is 1. The number of rotatable bonds is 5. The summed E-state index contributed by atoms with van der Waals surface area (Å²) >= 11 is 6.00. The zero-order valence-corrected chi connectivity index (χ0v) is 12.1. The van der Waals surface area contributed by atoms with E-state index in [0.29, 0.717) is 17.3 Å². The summed E-state index contributed by atoms with van der Waals surface area (Å²) in [5, 5.41) is 5.37. The van der Waals surface area contributed by atoms with E-state index in [2.05, 4.69) is 24.4 Å². The maximum absolute atomic E-state index is 11.9. The fraction of sp³-hybridized carbons (Fsp3) is 0.188. The van der Waals surface area contributed by atoms with E-state index in [-0.39, 0.29) is 11.9 Å². The molecule has 1 amide bonds. The normalized spacial score (nSPS) is 11.9. The Kier molecular flexibility index (Phi) is 5.16. The fourth-order valence-electron chi connectivity index (χ4n) is 1.94. The summed E-state index contributed by atoms with van der Waals surface area (Å²) in [6, 6.07) is 17.6. The molecule has 3 N–H and O–H groups in total. The van der Waals surface area contributed by atoms with E-state index in [1.807, 2.05) is 35.6 Å². The number of hydrogen-bond donors (Lipinski definition) is 2. The van der Waals surface area contributed by atoms with Gasteiger partial charge in [0.25, 0.3) is 5.91 Å². The molecule has 0 saturated heterocycles. The minimum absolute atomic E-state index is 0.0547. The first kappa shape index (κ1) is 14.6. The van der Waals surface area contributed by atoms with E-state index in [4.69, 9.17) is 11.6 Å². The molecule has 0 aliphatic carbocycles. The number of benzene rings is 2. The number of quaternary nitrogens is 1. The van der Waals surface area contributed by atoms with Crippen molar-refractivity contribution in [3.8, 4) is 0 Å². The topological polar surface area (TPSA) is 45.7 Å². The highest BCUT2D eigenvalue weighted by Crippen LogP contribution is 2.19. The van der Waals surface area contributed by atoms with Crippen LogP contribution in [-0.2, 0) is 4.79 Å². The molecular formula is C16H18ClN2O+. The second-order valence-electron chi connectivity index (χ2n) is 4.67. The Morgan fingerprint density at radius 2 is 1.80 bits per heavy atom. The van der Waals surface area contributed by atoms with E-state index >= 15 is 0 Å². The van der Waals surface area contributed by atoms with E-state index < -0.39 is 0 Å². The summed E-state index contributed by atoms with van der Waals surface area (Å²) in [7, 11) is 0. The lowest BCUT2D eigenvalue weighted by molar-refractivity contribution is -0.682. The quantitative estimate of drug-likeness (QED) is 0.873. The van der Waals surface area contributed by atoms with Crippen LogP contribution in [0.4, 0.5) is 5.69 Å². The molecule has 1 atom stereocenters. The monoisotopic (exact) mass is 289 g/mol. The Balaban J connectivity index is 1.85. The van der Waals surface area contributed by atoms with Crippen LogP contribution in [0.2, 0.25) is 5.02 Å². The molecule has 0 aliphatic heterocycles. The van der Waals surface area contributed by atoms with Gasteiger partial charge < -0.3 is 10.6 Å². The van der Waals surface area contributed by atoms with Crippen LogP contribution >= 0.6 is 11.6 Å². The SMILES string of the molecule is C[C@H]([NH2+]CC(=O)Nc1ccccc1Cl)c1ccccc1. The maximum atomic E-state index is 11.9. The zero-order chi connectivity index (χ0) is 14.4. The minimum atomic E-state index is -0.0547. The third-order valence-corrected chi connectivity index (χ3v) is 3.46. The fourth-order valence-corrected chi connectivity index (χ4v) is 2.12. The Labute approximate surface area is 124 Å². The predicted molar refractivity (Wildman–Crippen MR) is 81.7 cm³/mol. The van der Waals surface area contributed by atoms with Crippen LogP contribution in [0, 0.1) is 0 Å². The minimum Gasteiger partial charge on any atom is -0.333 e. The predicted octanol–water partition coefficient (Wildman–Crippen LogP) is 2.60. The lowest BCUT2D eigenvalue weighted by Crippen LogP contribution is -2.86. The van der Waals surface area contributed by atoms with Gasteiger partial charge in [0, 0.05) is 5.56 Å². The molecule has 2 rings (SSSR count). The third kappa shape index (κ3) is 4.08. The Morgan fingerprint density at radius 1 is 1.15 bits per heavy atom. The van der Waals surface area contributed by atoms with Crippen molar-refractivity contribution in [2.24, 2.45) is 0 Å². The van der Waals surface area contributed by atoms with Crippen LogP contribution in [0.1, 0.15) is 18.5 Å². The van der Waals surface area contributed by atoms with Gasteiger partial charge in [-0.25, -0.2) is 0 Å².